The molecule has 7 heteroatoms. The van der Waals surface area contributed by atoms with Crippen molar-refractivity contribution < 1.29 is 14.7 Å². The fourth-order valence-electron chi connectivity index (χ4n) is 1.54. The van der Waals surface area contributed by atoms with Crippen LogP contribution < -0.4 is 5.32 Å². The van der Waals surface area contributed by atoms with Crippen LogP contribution in [0.5, 0.6) is 0 Å². The number of aromatic carboxylic acids is 1. The zero-order valence-corrected chi connectivity index (χ0v) is 12.3. The van der Waals surface area contributed by atoms with E-state index in [0.29, 0.717) is 15.1 Å². The number of pyridine rings is 1. The molecule has 0 aliphatic rings. The van der Waals surface area contributed by atoms with Crippen LogP contribution in [0.1, 0.15) is 20.7 Å². The number of rotatable bonds is 3. The number of anilines is 1. The number of nitrogens with one attached hydrogen (secondary N) is 1. The van der Waals surface area contributed by atoms with Crippen molar-refractivity contribution in [3.8, 4) is 0 Å². The zero-order chi connectivity index (χ0) is 14.7. The quantitative estimate of drug-likeness (QED) is 0.884. The second-order valence-electron chi connectivity index (χ2n) is 3.80. The Labute approximate surface area is 127 Å². The summed E-state index contributed by atoms with van der Waals surface area (Å²) in [6.07, 6.45) is 2.62. The lowest BCUT2D eigenvalue weighted by Gasteiger charge is -2.09. The van der Waals surface area contributed by atoms with Crippen molar-refractivity contribution >= 4 is 45.1 Å². The van der Waals surface area contributed by atoms with Crippen LogP contribution in [0.2, 0.25) is 5.02 Å². The molecule has 1 amide bonds. The van der Waals surface area contributed by atoms with Gasteiger partial charge in [-0.3, -0.25) is 9.78 Å². The van der Waals surface area contributed by atoms with Gasteiger partial charge in [0.05, 0.1) is 23.0 Å². The molecule has 0 atom stereocenters. The Kier molecular flexibility index (Phi) is 4.36. The van der Waals surface area contributed by atoms with Crippen molar-refractivity contribution in [2.45, 2.75) is 0 Å². The summed E-state index contributed by atoms with van der Waals surface area (Å²) in [5, 5.41) is 11.9. The molecule has 0 spiro atoms. The highest BCUT2D eigenvalue weighted by atomic mass is 79.9. The maximum atomic E-state index is 12.1. The standard InChI is InChI=1S/C13H8BrClN2O3/c14-10-2-1-7(15)5-9(10)12(18)17-11-6-16-4-3-8(11)13(19)20/h1-6H,(H,17,18)(H,19,20). The van der Waals surface area contributed by atoms with Gasteiger partial charge in [0.2, 0.25) is 0 Å². The van der Waals surface area contributed by atoms with Crippen LogP contribution in [0.4, 0.5) is 5.69 Å². The highest BCUT2D eigenvalue weighted by Gasteiger charge is 2.15. The van der Waals surface area contributed by atoms with Crippen LogP contribution in [0.3, 0.4) is 0 Å². The number of carbonyl (C=O) groups is 2. The van der Waals surface area contributed by atoms with E-state index in [1.165, 1.54) is 24.5 Å². The molecule has 0 saturated heterocycles. The topological polar surface area (TPSA) is 79.3 Å². The third kappa shape index (κ3) is 3.15. The summed E-state index contributed by atoms with van der Waals surface area (Å²) < 4.78 is 0.556. The predicted octanol–water partition coefficient (Wildman–Crippen LogP) is 3.45. The molecule has 0 bridgehead atoms. The van der Waals surface area contributed by atoms with Gasteiger partial charge in [-0.25, -0.2) is 4.79 Å². The van der Waals surface area contributed by atoms with Gasteiger partial charge in [0.1, 0.15) is 0 Å². The van der Waals surface area contributed by atoms with Crippen molar-refractivity contribution in [2.75, 3.05) is 5.32 Å². The lowest BCUT2D eigenvalue weighted by molar-refractivity contribution is 0.0698. The van der Waals surface area contributed by atoms with E-state index in [2.05, 4.69) is 26.2 Å². The van der Waals surface area contributed by atoms with Crippen LogP contribution in [-0.2, 0) is 0 Å². The maximum absolute atomic E-state index is 12.1. The molecule has 0 unspecified atom stereocenters. The van der Waals surface area contributed by atoms with E-state index in [4.69, 9.17) is 16.7 Å². The fraction of sp³-hybridized carbons (Fsp3) is 0. The van der Waals surface area contributed by atoms with Gasteiger partial charge in [-0.1, -0.05) is 11.6 Å². The first-order valence-corrected chi connectivity index (χ1v) is 6.60. The van der Waals surface area contributed by atoms with E-state index in [-0.39, 0.29) is 11.3 Å². The zero-order valence-electron chi connectivity index (χ0n) is 9.93. The summed E-state index contributed by atoms with van der Waals surface area (Å²) in [7, 11) is 0. The number of carbonyl (C=O) groups excluding carboxylic acids is 1. The summed E-state index contributed by atoms with van der Waals surface area (Å²) >= 11 is 9.08. The van der Waals surface area contributed by atoms with Gasteiger partial charge in [0.25, 0.3) is 5.91 Å². The van der Waals surface area contributed by atoms with Crippen LogP contribution in [0.15, 0.2) is 41.1 Å². The Bertz CT molecular complexity index is 691. The van der Waals surface area contributed by atoms with Crippen LogP contribution in [-0.4, -0.2) is 22.0 Å². The molecular formula is C13H8BrClN2O3. The molecule has 0 radical (unpaired) electrons. The lowest BCUT2D eigenvalue weighted by Crippen LogP contribution is -2.15. The van der Waals surface area contributed by atoms with Gasteiger partial charge in [0, 0.05) is 15.7 Å². The van der Waals surface area contributed by atoms with E-state index in [1.807, 2.05) is 0 Å². The van der Waals surface area contributed by atoms with Crippen molar-refractivity contribution in [3.63, 3.8) is 0 Å². The minimum Gasteiger partial charge on any atom is -0.478 e. The Morgan fingerprint density at radius 1 is 1.25 bits per heavy atom. The average molecular weight is 356 g/mol. The summed E-state index contributed by atoms with van der Waals surface area (Å²) in [6.45, 7) is 0. The molecule has 0 fully saturated rings. The van der Waals surface area contributed by atoms with E-state index >= 15 is 0 Å². The molecule has 1 aromatic carbocycles. The SMILES string of the molecule is O=C(Nc1cnccc1C(=O)O)c1cc(Cl)ccc1Br. The van der Waals surface area contributed by atoms with Gasteiger partial charge in [0.15, 0.2) is 0 Å². The minimum atomic E-state index is -1.15. The molecule has 2 rings (SSSR count). The Morgan fingerprint density at radius 2 is 2.00 bits per heavy atom. The number of nitrogens with zero attached hydrogens (tertiary/aromatic N) is 1. The number of benzene rings is 1. The first kappa shape index (κ1) is 14.5. The van der Waals surface area contributed by atoms with E-state index in [9.17, 15) is 9.59 Å². The molecule has 5 nitrogen and oxygen atoms in total. The molecule has 102 valence electrons. The molecule has 0 saturated carbocycles. The second kappa shape index (κ2) is 6.02. The number of hydrogen-bond acceptors (Lipinski definition) is 3. The van der Waals surface area contributed by atoms with Crippen molar-refractivity contribution in [3.05, 3.63) is 57.3 Å². The summed E-state index contributed by atoms with van der Waals surface area (Å²) in [6, 6.07) is 6.07. The number of carboxylic acids is 1. The highest BCUT2D eigenvalue weighted by Crippen LogP contribution is 2.23. The monoisotopic (exact) mass is 354 g/mol. The molecule has 2 aromatic rings. The third-order valence-corrected chi connectivity index (χ3v) is 3.40. The van der Waals surface area contributed by atoms with Crippen molar-refractivity contribution in [2.24, 2.45) is 0 Å². The predicted molar refractivity (Wildman–Crippen MR) is 78.3 cm³/mol. The van der Waals surface area contributed by atoms with E-state index in [0.717, 1.165) is 0 Å². The summed E-state index contributed by atoms with van der Waals surface area (Å²) in [5.74, 6) is -1.62. The van der Waals surface area contributed by atoms with Gasteiger partial charge in [-0.2, -0.15) is 0 Å². The molecular weight excluding hydrogens is 348 g/mol. The molecule has 1 aromatic heterocycles. The average Bonchev–Trinajstić information content (AvgIpc) is 2.41. The molecule has 0 aliphatic carbocycles. The van der Waals surface area contributed by atoms with Crippen molar-refractivity contribution in [1.29, 1.82) is 0 Å². The smallest absolute Gasteiger partial charge is 0.337 e. The van der Waals surface area contributed by atoms with Crippen molar-refractivity contribution in [1.82, 2.24) is 4.98 Å². The Morgan fingerprint density at radius 3 is 2.70 bits per heavy atom. The minimum absolute atomic E-state index is 0.0356. The number of halogens is 2. The number of carboxylic acid groups (broad SMARTS) is 1. The highest BCUT2D eigenvalue weighted by molar-refractivity contribution is 9.10. The summed E-state index contributed by atoms with van der Waals surface area (Å²) in [5.41, 5.74) is 0.390. The van der Waals surface area contributed by atoms with Crippen LogP contribution >= 0.6 is 27.5 Å². The molecule has 1 heterocycles. The number of aromatic nitrogens is 1. The van der Waals surface area contributed by atoms with Gasteiger partial charge < -0.3 is 10.4 Å². The first-order valence-electron chi connectivity index (χ1n) is 5.42. The first-order chi connectivity index (χ1) is 9.49. The number of hydrogen-bond donors (Lipinski definition) is 2. The molecule has 20 heavy (non-hydrogen) atoms. The largest absolute Gasteiger partial charge is 0.478 e. The Balaban J connectivity index is 2.33. The molecule has 2 N–H and O–H groups in total. The van der Waals surface area contributed by atoms with Gasteiger partial charge >= 0.3 is 5.97 Å². The van der Waals surface area contributed by atoms with Crippen LogP contribution in [0, 0.1) is 0 Å². The summed E-state index contributed by atoms with van der Waals surface area (Å²) in [4.78, 5) is 27.0. The van der Waals surface area contributed by atoms with Gasteiger partial charge in [-0.05, 0) is 40.2 Å². The fourth-order valence-corrected chi connectivity index (χ4v) is 2.14. The maximum Gasteiger partial charge on any atom is 0.337 e. The normalized spacial score (nSPS) is 10.1. The van der Waals surface area contributed by atoms with Crippen LogP contribution in [0.25, 0.3) is 0 Å². The Hall–Kier alpha value is -1.92. The molecule has 0 aliphatic heterocycles. The second-order valence-corrected chi connectivity index (χ2v) is 5.10. The van der Waals surface area contributed by atoms with E-state index in [1.54, 1.807) is 12.1 Å². The van der Waals surface area contributed by atoms with Gasteiger partial charge in [-0.15, -0.1) is 0 Å². The third-order valence-electron chi connectivity index (χ3n) is 2.47. The lowest BCUT2D eigenvalue weighted by atomic mass is 10.2. The van der Waals surface area contributed by atoms with E-state index < -0.39 is 11.9 Å². The number of amides is 1.